The zero-order valence-electron chi connectivity index (χ0n) is 22.6. The molecule has 6 atom stereocenters. The molecule has 7 nitrogen and oxygen atoms in total. The van der Waals surface area contributed by atoms with E-state index in [1.54, 1.807) is 26.0 Å². The largest absolute Gasteiger partial charge is 0.497 e. The lowest BCUT2D eigenvalue weighted by molar-refractivity contribution is -0.329. The third kappa shape index (κ3) is 6.95. The van der Waals surface area contributed by atoms with E-state index in [4.69, 9.17) is 33.2 Å². The summed E-state index contributed by atoms with van der Waals surface area (Å²) in [4.78, 5) is 0. The first-order valence-electron chi connectivity index (χ1n) is 13.3. The molecule has 0 aromatic heterocycles. The summed E-state index contributed by atoms with van der Waals surface area (Å²) in [5, 5.41) is 0. The van der Waals surface area contributed by atoms with E-state index in [2.05, 4.69) is 6.92 Å². The first kappa shape index (κ1) is 28.0. The molecule has 208 valence electrons. The Bertz CT molecular complexity index is 1140. The van der Waals surface area contributed by atoms with Gasteiger partial charge in [-0.3, -0.25) is 0 Å². The Kier molecular flexibility index (Phi) is 9.79. The monoisotopic (exact) mass is 552 g/mol. The minimum Gasteiger partial charge on any atom is -0.497 e. The predicted molar refractivity (Wildman–Crippen MR) is 150 cm³/mol. The highest BCUT2D eigenvalue weighted by molar-refractivity contribution is 7.99. The molecule has 39 heavy (non-hydrogen) atoms. The van der Waals surface area contributed by atoms with Gasteiger partial charge in [-0.15, -0.1) is 11.8 Å². The van der Waals surface area contributed by atoms with Crippen molar-refractivity contribution in [2.45, 2.75) is 56.3 Å². The number of hydrogen-bond donors (Lipinski definition) is 0. The van der Waals surface area contributed by atoms with Crippen LogP contribution in [0.1, 0.15) is 29.9 Å². The first-order valence-corrected chi connectivity index (χ1v) is 14.3. The molecular formula is C31H36O7S. The molecule has 0 N–H and O–H groups in total. The van der Waals surface area contributed by atoms with Crippen LogP contribution in [0.15, 0.2) is 78.9 Å². The topological polar surface area (TPSA) is 64.6 Å². The number of thioether (sulfide) groups is 1. The van der Waals surface area contributed by atoms with Gasteiger partial charge in [-0.05, 0) is 41.1 Å². The second-order valence-electron chi connectivity index (χ2n) is 9.42. The fraction of sp³-hybridized carbons (Fsp3) is 0.419. The van der Waals surface area contributed by atoms with Crippen molar-refractivity contribution in [1.82, 2.24) is 0 Å². The molecule has 5 rings (SSSR count). The molecule has 2 saturated heterocycles. The van der Waals surface area contributed by atoms with E-state index in [0.717, 1.165) is 33.9 Å². The Hall–Kier alpha value is -2.59. The number of ether oxygens (including phenoxy) is 7. The highest BCUT2D eigenvalue weighted by Gasteiger charge is 2.51. The van der Waals surface area contributed by atoms with Gasteiger partial charge in [0.2, 0.25) is 0 Å². The van der Waals surface area contributed by atoms with Gasteiger partial charge in [0, 0.05) is 5.56 Å². The number of fused-ring (bicyclic) bond motifs is 1. The van der Waals surface area contributed by atoms with Crippen LogP contribution >= 0.6 is 11.8 Å². The fourth-order valence-corrected chi connectivity index (χ4v) is 5.79. The molecular weight excluding hydrogens is 516 g/mol. The van der Waals surface area contributed by atoms with Gasteiger partial charge in [0.25, 0.3) is 0 Å². The Balaban J connectivity index is 1.39. The second kappa shape index (κ2) is 13.7. The van der Waals surface area contributed by atoms with Gasteiger partial charge in [-0.2, -0.15) is 0 Å². The summed E-state index contributed by atoms with van der Waals surface area (Å²) in [6, 6.07) is 25.8. The van der Waals surface area contributed by atoms with E-state index >= 15 is 0 Å². The van der Waals surface area contributed by atoms with Crippen molar-refractivity contribution in [3.8, 4) is 11.5 Å². The van der Waals surface area contributed by atoms with E-state index in [1.165, 1.54) is 0 Å². The molecule has 1 unspecified atom stereocenters. The molecule has 0 aliphatic carbocycles. The van der Waals surface area contributed by atoms with Crippen molar-refractivity contribution in [2.75, 3.05) is 26.6 Å². The van der Waals surface area contributed by atoms with Crippen LogP contribution in [0.25, 0.3) is 0 Å². The third-order valence-electron chi connectivity index (χ3n) is 6.89. The molecule has 3 aromatic rings. The maximum absolute atomic E-state index is 6.65. The van der Waals surface area contributed by atoms with Gasteiger partial charge in [0.1, 0.15) is 41.4 Å². The SMILES string of the molecule is CCS[C@@H]1O[C@@H]2COC(c3ccccc3)O[C@@H]2[C@H](OCc2ccc(OC)cc2)[C@H]1OCc1ccc(OC)cc1. The zero-order valence-corrected chi connectivity index (χ0v) is 23.4. The predicted octanol–water partition coefficient (Wildman–Crippen LogP) is 5.77. The maximum atomic E-state index is 6.65. The zero-order chi connectivity index (χ0) is 27.0. The molecule has 0 saturated carbocycles. The van der Waals surface area contributed by atoms with E-state index in [1.807, 2.05) is 78.9 Å². The van der Waals surface area contributed by atoms with Crippen LogP contribution in [0.3, 0.4) is 0 Å². The molecule has 0 spiro atoms. The summed E-state index contributed by atoms with van der Waals surface area (Å²) in [6.45, 7) is 3.35. The molecule has 2 aliphatic rings. The van der Waals surface area contributed by atoms with Crippen LogP contribution in [0.5, 0.6) is 11.5 Å². The minimum absolute atomic E-state index is 0.226. The lowest BCUT2D eigenvalue weighted by Crippen LogP contribution is -2.62. The van der Waals surface area contributed by atoms with Gasteiger partial charge in [-0.1, -0.05) is 61.5 Å². The lowest BCUT2D eigenvalue weighted by atomic mass is 9.98. The Labute approximate surface area is 234 Å². The molecule has 0 amide bonds. The summed E-state index contributed by atoms with van der Waals surface area (Å²) in [5.74, 6) is 2.50. The molecule has 0 bridgehead atoms. The van der Waals surface area contributed by atoms with Crippen LogP contribution in [-0.2, 0) is 36.9 Å². The Morgan fingerprint density at radius 3 is 1.90 bits per heavy atom. The summed E-state index contributed by atoms with van der Waals surface area (Å²) in [7, 11) is 3.32. The van der Waals surface area contributed by atoms with Crippen molar-refractivity contribution < 1.29 is 33.2 Å². The standard InChI is InChI=1S/C31H36O7S/c1-4-39-31-29(35-19-22-12-16-25(33-3)17-13-22)28(34-18-21-10-14-24(32-2)15-11-21)27-26(37-31)20-36-30(38-27)23-8-6-5-7-9-23/h5-17,26-31H,4,18-20H2,1-3H3/t26-,27+,28+,29-,30?,31+/m1/s1. The van der Waals surface area contributed by atoms with Crippen LogP contribution in [0.4, 0.5) is 0 Å². The summed E-state index contributed by atoms with van der Waals surface area (Å²) >= 11 is 1.71. The molecule has 2 fully saturated rings. The molecule has 2 aliphatic heterocycles. The Morgan fingerprint density at radius 1 is 0.744 bits per heavy atom. The minimum atomic E-state index is -0.499. The van der Waals surface area contributed by atoms with Crippen LogP contribution in [0.2, 0.25) is 0 Å². The van der Waals surface area contributed by atoms with Crippen molar-refractivity contribution in [1.29, 1.82) is 0 Å². The van der Waals surface area contributed by atoms with Crippen molar-refractivity contribution in [2.24, 2.45) is 0 Å². The van der Waals surface area contributed by atoms with Crippen LogP contribution < -0.4 is 9.47 Å². The average Bonchev–Trinajstić information content (AvgIpc) is 3.00. The van der Waals surface area contributed by atoms with E-state index in [-0.39, 0.29) is 29.9 Å². The number of hydrogen-bond acceptors (Lipinski definition) is 8. The smallest absolute Gasteiger partial charge is 0.184 e. The Morgan fingerprint density at radius 2 is 1.33 bits per heavy atom. The van der Waals surface area contributed by atoms with E-state index in [9.17, 15) is 0 Å². The maximum Gasteiger partial charge on any atom is 0.184 e. The fourth-order valence-electron chi connectivity index (χ4n) is 4.82. The average molecular weight is 553 g/mol. The van der Waals surface area contributed by atoms with Gasteiger partial charge in [0.05, 0.1) is 34.0 Å². The molecule has 0 radical (unpaired) electrons. The van der Waals surface area contributed by atoms with Gasteiger partial charge in [0.15, 0.2) is 6.29 Å². The molecule has 2 heterocycles. The quantitative estimate of drug-likeness (QED) is 0.297. The normalized spacial score (nSPS) is 26.5. The molecule has 3 aromatic carbocycles. The van der Waals surface area contributed by atoms with E-state index < -0.39 is 6.29 Å². The van der Waals surface area contributed by atoms with E-state index in [0.29, 0.717) is 19.8 Å². The van der Waals surface area contributed by atoms with Gasteiger partial charge >= 0.3 is 0 Å². The number of methoxy groups -OCH3 is 2. The van der Waals surface area contributed by atoms with Crippen LogP contribution in [0, 0.1) is 0 Å². The highest BCUT2D eigenvalue weighted by atomic mass is 32.2. The first-order chi connectivity index (χ1) is 19.2. The van der Waals surface area contributed by atoms with Crippen molar-refractivity contribution >= 4 is 11.8 Å². The van der Waals surface area contributed by atoms with Crippen molar-refractivity contribution in [3.63, 3.8) is 0 Å². The summed E-state index contributed by atoms with van der Waals surface area (Å²) in [6.07, 6.45) is -1.86. The number of benzene rings is 3. The second-order valence-corrected chi connectivity index (χ2v) is 10.8. The summed E-state index contributed by atoms with van der Waals surface area (Å²) < 4.78 is 43.0. The number of rotatable bonds is 11. The van der Waals surface area contributed by atoms with Crippen molar-refractivity contribution in [3.05, 3.63) is 95.6 Å². The van der Waals surface area contributed by atoms with Gasteiger partial charge in [-0.25, -0.2) is 0 Å². The van der Waals surface area contributed by atoms with Gasteiger partial charge < -0.3 is 33.2 Å². The highest BCUT2D eigenvalue weighted by Crippen LogP contribution is 2.39. The van der Waals surface area contributed by atoms with Crippen LogP contribution in [-0.4, -0.2) is 56.4 Å². The lowest BCUT2D eigenvalue weighted by Gasteiger charge is -2.49. The summed E-state index contributed by atoms with van der Waals surface area (Å²) in [5.41, 5.74) is 2.82. The third-order valence-corrected chi connectivity index (χ3v) is 7.93. The molecule has 8 heteroatoms.